The zero-order valence-electron chi connectivity index (χ0n) is 11.0. The molecule has 1 aromatic heterocycles. The van der Waals surface area contributed by atoms with Crippen LogP contribution in [0.1, 0.15) is 4.88 Å². The Kier molecular flexibility index (Phi) is 5.79. The number of nitro groups is 1. The van der Waals surface area contributed by atoms with E-state index in [1.165, 1.54) is 10.9 Å². The summed E-state index contributed by atoms with van der Waals surface area (Å²) in [6.45, 7) is 1.79. The Morgan fingerprint density at radius 1 is 1.33 bits per heavy atom. The average Bonchev–Trinajstić information content (AvgIpc) is 2.99. The quantitative estimate of drug-likeness (QED) is 0.336. The van der Waals surface area contributed by atoms with E-state index >= 15 is 0 Å². The van der Waals surface area contributed by atoms with E-state index in [4.69, 9.17) is 16.5 Å². The molecule has 2 aromatic rings. The number of rotatable bonds is 8. The first-order valence-corrected chi connectivity index (χ1v) is 7.48. The molecule has 0 radical (unpaired) electrons. The van der Waals surface area contributed by atoms with Gasteiger partial charge in [0.1, 0.15) is 6.61 Å². The molecule has 0 saturated heterocycles. The minimum Gasteiger partial charge on any atom is -0.490 e. The highest BCUT2D eigenvalue weighted by atomic mass is 35.5. The Labute approximate surface area is 131 Å². The number of halogens is 1. The highest BCUT2D eigenvalue weighted by molar-refractivity contribution is 7.09. The van der Waals surface area contributed by atoms with Gasteiger partial charge in [0.25, 0.3) is 5.69 Å². The van der Waals surface area contributed by atoms with E-state index < -0.39 is 4.92 Å². The van der Waals surface area contributed by atoms with Gasteiger partial charge in [0.2, 0.25) is 0 Å². The highest BCUT2D eigenvalue weighted by Gasteiger charge is 2.17. The SMILES string of the molecule is O=[N+]([O-])c1cccc(OCCNCc2cccs2)c1NCl. The van der Waals surface area contributed by atoms with Gasteiger partial charge in [-0.2, -0.15) is 0 Å². The predicted octanol–water partition coefficient (Wildman–Crippen LogP) is 3.39. The lowest BCUT2D eigenvalue weighted by Crippen LogP contribution is -2.20. The van der Waals surface area contributed by atoms with Crippen LogP contribution >= 0.6 is 23.1 Å². The van der Waals surface area contributed by atoms with Crippen LogP contribution in [0.2, 0.25) is 0 Å². The monoisotopic (exact) mass is 327 g/mol. The first-order chi connectivity index (χ1) is 10.2. The van der Waals surface area contributed by atoms with E-state index in [9.17, 15) is 10.1 Å². The van der Waals surface area contributed by atoms with Crippen LogP contribution in [-0.4, -0.2) is 18.1 Å². The fraction of sp³-hybridized carbons (Fsp3) is 0.231. The molecule has 6 nitrogen and oxygen atoms in total. The largest absolute Gasteiger partial charge is 0.490 e. The second-order valence-electron chi connectivity index (χ2n) is 4.11. The smallest absolute Gasteiger partial charge is 0.297 e. The standard InChI is InChI=1S/C13H14ClN3O3S/c14-16-13-11(17(18)19)4-1-5-12(13)20-7-6-15-9-10-3-2-8-21-10/h1-5,8,15-16H,6-7,9H2. The highest BCUT2D eigenvalue weighted by Crippen LogP contribution is 2.34. The Bertz CT molecular complexity index is 592. The molecule has 8 heteroatoms. The van der Waals surface area contributed by atoms with Gasteiger partial charge in [0.15, 0.2) is 11.4 Å². The molecule has 1 aromatic carbocycles. The number of thiophene rings is 1. The maximum Gasteiger partial charge on any atom is 0.297 e. The van der Waals surface area contributed by atoms with Gasteiger partial charge >= 0.3 is 0 Å². The van der Waals surface area contributed by atoms with Crippen LogP contribution < -0.4 is 14.9 Å². The van der Waals surface area contributed by atoms with Crippen molar-refractivity contribution in [2.24, 2.45) is 0 Å². The van der Waals surface area contributed by atoms with Crippen LogP contribution in [0.15, 0.2) is 35.7 Å². The molecular formula is C13H14ClN3O3S. The van der Waals surface area contributed by atoms with Gasteiger partial charge in [0.05, 0.1) is 4.92 Å². The molecule has 2 rings (SSSR count). The van der Waals surface area contributed by atoms with Crippen molar-refractivity contribution in [3.05, 3.63) is 50.7 Å². The molecule has 0 unspecified atom stereocenters. The number of benzene rings is 1. The molecule has 112 valence electrons. The van der Waals surface area contributed by atoms with Crippen molar-refractivity contribution >= 4 is 34.5 Å². The number of para-hydroxylation sites is 1. The normalized spacial score (nSPS) is 10.3. The molecular weight excluding hydrogens is 314 g/mol. The summed E-state index contributed by atoms with van der Waals surface area (Å²) in [6, 6.07) is 8.61. The Balaban J connectivity index is 1.85. The van der Waals surface area contributed by atoms with Gasteiger partial charge in [-0.15, -0.1) is 11.3 Å². The van der Waals surface area contributed by atoms with Crippen molar-refractivity contribution in [2.45, 2.75) is 6.54 Å². The number of nitrogens with one attached hydrogen (secondary N) is 2. The number of ether oxygens (including phenoxy) is 1. The van der Waals surface area contributed by atoms with Crippen LogP contribution in [0.5, 0.6) is 5.75 Å². The lowest BCUT2D eigenvalue weighted by atomic mass is 10.2. The summed E-state index contributed by atoms with van der Waals surface area (Å²) in [5.41, 5.74) is 0.0523. The molecule has 21 heavy (non-hydrogen) atoms. The number of hydrogen-bond acceptors (Lipinski definition) is 6. The van der Waals surface area contributed by atoms with Gasteiger partial charge in [-0.05, 0) is 17.5 Å². The molecule has 0 atom stereocenters. The van der Waals surface area contributed by atoms with Gasteiger partial charge in [0, 0.05) is 35.8 Å². The lowest BCUT2D eigenvalue weighted by molar-refractivity contribution is -0.383. The Hall–Kier alpha value is -1.83. The summed E-state index contributed by atoms with van der Waals surface area (Å²) in [6.07, 6.45) is 0. The summed E-state index contributed by atoms with van der Waals surface area (Å²) in [5.74, 6) is 0.358. The lowest BCUT2D eigenvalue weighted by Gasteiger charge is -2.10. The summed E-state index contributed by atoms with van der Waals surface area (Å²) in [4.78, 5) is 13.9. The number of hydrogen-bond donors (Lipinski definition) is 2. The minimum absolute atomic E-state index is 0.117. The maximum absolute atomic E-state index is 10.9. The molecule has 0 aliphatic carbocycles. The number of nitrogens with zero attached hydrogens (tertiary/aromatic N) is 1. The molecule has 0 aliphatic rings. The fourth-order valence-corrected chi connectivity index (χ4v) is 2.61. The summed E-state index contributed by atoms with van der Waals surface area (Å²) < 4.78 is 5.53. The van der Waals surface area contributed by atoms with Gasteiger partial charge in [-0.1, -0.05) is 12.1 Å². The zero-order chi connectivity index (χ0) is 15.1. The third-order valence-corrected chi connectivity index (χ3v) is 3.78. The van der Waals surface area contributed by atoms with Crippen molar-refractivity contribution in [3.8, 4) is 5.75 Å². The van der Waals surface area contributed by atoms with Crippen molar-refractivity contribution in [1.82, 2.24) is 5.32 Å². The van der Waals surface area contributed by atoms with E-state index in [0.29, 0.717) is 18.9 Å². The minimum atomic E-state index is -0.507. The second-order valence-corrected chi connectivity index (χ2v) is 5.33. The van der Waals surface area contributed by atoms with Crippen LogP contribution in [-0.2, 0) is 6.54 Å². The molecule has 0 saturated carbocycles. The first-order valence-electron chi connectivity index (χ1n) is 6.22. The number of anilines is 1. The molecule has 1 heterocycles. The summed E-state index contributed by atoms with van der Waals surface area (Å²) in [5, 5.41) is 16.1. The third kappa shape index (κ3) is 4.32. The average molecular weight is 328 g/mol. The van der Waals surface area contributed by atoms with E-state index in [1.807, 2.05) is 11.4 Å². The fourth-order valence-electron chi connectivity index (χ4n) is 1.74. The van der Waals surface area contributed by atoms with E-state index in [2.05, 4.69) is 16.2 Å². The van der Waals surface area contributed by atoms with Crippen molar-refractivity contribution in [1.29, 1.82) is 0 Å². The van der Waals surface area contributed by atoms with Crippen LogP contribution in [0.3, 0.4) is 0 Å². The van der Waals surface area contributed by atoms with E-state index in [0.717, 1.165) is 6.54 Å². The maximum atomic E-state index is 10.9. The molecule has 0 amide bonds. The Morgan fingerprint density at radius 3 is 2.86 bits per heavy atom. The third-order valence-electron chi connectivity index (χ3n) is 2.71. The molecule has 0 aliphatic heterocycles. The number of nitro benzene ring substituents is 1. The van der Waals surface area contributed by atoms with Crippen molar-refractivity contribution in [2.75, 3.05) is 18.0 Å². The summed E-state index contributed by atoms with van der Waals surface area (Å²) >= 11 is 7.22. The van der Waals surface area contributed by atoms with Gasteiger partial charge in [-0.25, -0.2) is 0 Å². The first kappa shape index (κ1) is 15.6. The molecule has 0 spiro atoms. The van der Waals surface area contributed by atoms with Crippen LogP contribution in [0.4, 0.5) is 11.4 Å². The predicted molar refractivity (Wildman–Crippen MR) is 84.1 cm³/mol. The van der Waals surface area contributed by atoms with Crippen molar-refractivity contribution in [3.63, 3.8) is 0 Å². The topological polar surface area (TPSA) is 76.4 Å². The molecule has 0 bridgehead atoms. The zero-order valence-corrected chi connectivity index (χ0v) is 12.6. The van der Waals surface area contributed by atoms with Crippen molar-refractivity contribution < 1.29 is 9.66 Å². The van der Waals surface area contributed by atoms with Crippen LogP contribution in [0, 0.1) is 10.1 Å². The molecule has 2 N–H and O–H groups in total. The van der Waals surface area contributed by atoms with Gasteiger partial charge < -0.3 is 10.1 Å². The van der Waals surface area contributed by atoms with Crippen LogP contribution in [0.25, 0.3) is 0 Å². The summed E-state index contributed by atoms with van der Waals surface area (Å²) in [7, 11) is 0. The van der Waals surface area contributed by atoms with Gasteiger partial charge in [-0.3, -0.25) is 15.0 Å². The second kappa shape index (κ2) is 7.82. The van der Waals surface area contributed by atoms with E-state index in [-0.39, 0.29) is 11.4 Å². The van der Waals surface area contributed by atoms with E-state index in [1.54, 1.807) is 23.5 Å². The molecule has 0 fully saturated rings. The Morgan fingerprint density at radius 2 is 2.19 bits per heavy atom.